The zero-order valence-electron chi connectivity index (χ0n) is 20.2. The summed E-state index contributed by atoms with van der Waals surface area (Å²) in [7, 11) is 0. The molecule has 1 amide bonds. The van der Waals surface area contributed by atoms with Crippen LogP contribution in [-0.2, 0) is 4.79 Å². The van der Waals surface area contributed by atoms with Gasteiger partial charge in [0.15, 0.2) is 0 Å². The van der Waals surface area contributed by atoms with Crippen LogP contribution in [0.15, 0.2) is 30.3 Å². The molecule has 1 aromatic carbocycles. The predicted octanol–water partition coefficient (Wildman–Crippen LogP) is 6.81. The lowest BCUT2D eigenvalue weighted by Gasteiger charge is -2.47. The monoisotopic (exact) mass is 465 g/mol. The summed E-state index contributed by atoms with van der Waals surface area (Å²) in [5.41, 5.74) is 0.207. The van der Waals surface area contributed by atoms with Crippen molar-refractivity contribution in [3.8, 4) is 0 Å². The highest BCUT2D eigenvalue weighted by atomic mass is 35.5. The zero-order valence-corrected chi connectivity index (χ0v) is 21.8. The Bertz CT molecular complexity index is 760. The van der Waals surface area contributed by atoms with E-state index in [9.17, 15) is 9.90 Å². The van der Waals surface area contributed by atoms with E-state index in [0.29, 0.717) is 40.6 Å². The van der Waals surface area contributed by atoms with Gasteiger partial charge in [0.2, 0.25) is 5.91 Å². The van der Waals surface area contributed by atoms with Gasteiger partial charge in [-0.25, -0.2) is 0 Å². The molecule has 0 bridgehead atoms. The van der Waals surface area contributed by atoms with Crippen LogP contribution in [0, 0.1) is 17.8 Å². The maximum absolute atomic E-state index is 13.6. The lowest BCUT2D eigenvalue weighted by atomic mass is 9.79. The molecule has 0 saturated heterocycles. The zero-order chi connectivity index (χ0) is 23.8. The number of hydrogen-bond acceptors (Lipinski definition) is 3. The molecule has 3 nitrogen and oxygen atoms in total. The second-order valence-corrected chi connectivity index (χ2v) is 10.5. The van der Waals surface area contributed by atoms with Crippen molar-refractivity contribution in [3.05, 3.63) is 40.9 Å². The Morgan fingerprint density at radius 3 is 2.32 bits per heavy atom. The third kappa shape index (κ3) is 8.32. The van der Waals surface area contributed by atoms with Crippen molar-refractivity contribution in [2.75, 3.05) is 6.54 Å². The quantitative estimate of drug-likeness (QED) is 0.272. The van der Waals surface area contributed by atoms with Gasteiger partial charge in [0.05, 0.1) is 11.6 Å². The predicted molar refractivity (Wildman–Crippen MR) is 138 cm³/mol. The van der Waals surface area contributed by atoms with Crippen LogP contribution in [0.25, 0.3) is 6.08 Å². The molecule has 5 heteroatoms. The van der Waals surface area contributed by atoms with Gasteiger partial charge in [-0.1, -0.05) is 77.5 Å². The minimum atomic E-state index is -0.763. The number of aliphatic hydroxyl groups excluding tert-OH is 1. The van der Waals surface area contributed by atoms with Crippen LogP contribution in [0.3, 0.4) is 0 Å². The molecule has 1 aromatic rings. The first kappa shape index (κ1) is 27.8. The van der Waals surface area contributed by atoms with E-state index in [2.05, 4.69) is 41.5 Å². The molecule has 0 saturated carbocycles. The smallest absolute Gasteiger partial charge is 0.247 e. The van der Waals surface area contributed by atoms with E-state index >= 15 is 0 Å². The first-order valence-electron chi connectivity index (χ1n) is 11.4. The summed E-state index contributed by atoms with van der Waals surface area (Å²) in [5, 5.41) is 11.1. The number of rotatable bonds is 12. The van der Waals surface area contributed by atoms with Crippen molar-refractivity contribution in [2.24, 2.45) is 17.8 Å². The van der Waals surface area contributed by atoms with Crippen molar-refractivity contribution in [3.63, 3.8) is 0 Å². The van der Waals surface area contributed by atoms with E-state index in [1.807, 2.05) is 29.2 Å². The molecular formula is C26H40ClNO2S. The number of aliphatic hydroxyl groups is 1. The number of thiocarbonyl (C=S) groups is 1. The normalized spacial score (nSPS) is 15.8. The molecule has 3 unspecified atom stereocenters. The van der Waals surface area contributed by atoms with E-state index in [0.717, 1.165) is 18.4 Å². The number of carbonyl (C=O) groups excluding carboxylic acids is 1. The van der Waals surface area contributed by atoms with Crippen molar-refractivity contribution in [2.45, 2.75) is 79.4 Å². The number of benzene rings is 1. The topological polar surface area (TPSA) is 40.5 Å². The molecule has 0 aliphatic carbocycles. The van der Waals surface area contributed by atoms with Crippen molar-refractivity contribution in [1.82, 2.24) is 4.90 Å². The van der Waals surface area contributed by atoms with Crippen LogP contribution in [0.5, 0.6) is 0 Å². The Morgan fingerprint density at radius 2 is 1.84 bits per heavy atom. The van der Waals surface area contributed by atoms with Gasteiger partial charge in [-0.15, -0.1) is 0 Å². The maximum Gasteiger partial charge on any atom is 0.247 e. The van der Waals surface area contributed by atoms with Crippen molar-refractivity contribution < 1.29 is 9.90 Å². The fourth-order valence-electron chi connectivity index (χ4n) is 4.45. The summed E-state index contributed by atoms with van der Waals surface area (Å²) >= 11 is 11.9. The van der Waals surface area contributed by atoms with Gasteiger partial charge < -0.3 is 10.0 Å². The molecule has 0 aliphatic heterocycles. The summed E-state index contributed by atoms with van der Waals surface area (Å²) < 4.78 is 0. The molecule has 174 valence electrons. The summed E-state index contributed by atoms with van der Waals surface area (Å²) in [4.78, 5) is 16.1. The third-order valence-corrected chi connectivity index (χ3v) is 6.54. The van der Waals surface area contributed by atoms with Crippen LogP contribution in [-0.4, -0.2) is 39.0 Å². The number of carbonyl (C=O) groups is 1. The highest BCUT2D eigenvalue weighted by Gasteiger charge is 2.43. The molecular weight excluding hydrogens is 426 g/mol. The van der Waals surface area contributed by atoms with Gasteiger partial charge in [0.25, 0.3) is 0 Å². The fourth-order valence-corrected chi connectivity index (χ4v) is 4.99. The van der Waals surface area contributed by atoms with E-state index in [4.69, 9.17) is 23.8 Å². The Kier molecular flexibility index (Phi) is 11.4. The molecule has 1 rings (SSSR count). The van der Waals surface area contributed by atoms with Gasteiger partial charge >= 0.3 is 0 Å². The van der Waals surface area contributed by atoms with Gasteiger partial charge in [-0.3, -0.25) is 4.79 Å². The summed E-state index contributed by atoms with van der Waals surface area (Å²) in [5.74, 6) is 1.10. The number of amides is 1. The molecule has 0 aliphatic rings. The summed E-state index contributed by atoms with van der Waals surface area (Å²) in [6.45, 7) is 15.2. The Labute approximate surface area is 199 Å². The fraction of sp³-hybridized carbons (Fsp3) is 0.615. The minimum Gasteiger partial charge on any atom is -0.388 e. The first-order chi connectivity index (χ1) is 14.4. The third-order valence-electron chi connectivity index (χ3n) is 5.59. The second kappa shape index (κ2) is 12.7. The Hall–Kier alpha value is -1.23. The Balaban J connectivity index is 3.42. The molecule has 0 heterocycles. The highest BCUT2D eigenvalue weighted by molar-refractivity contribution is 7.80. The van der Waals surface area contributed by atoms with Crippen LogP contribution in [0.4, 0.5) is 0 Å². The lowest BCUT2D eigenvalue weighted by molar-refractivity contribution is -0.131. The SMILES string of the molecule is CCC(CC(C)C)(C(=S)C(C)O)N(CC(C)CC(C)C)C(=O)C=Cc1cccc(Cl)c1. The second-order valence-electron chi connectivity index (χ2n) is 9.60. The number of halogens is 1. The van der Waals surface area contributed by atoms with Gasteiger partial charge in [-0.05, 0) is 67.7 Å². The molecule has 3 atom stereocenters. The molecule has 1 N–H and O–H groups in total. The number of nitrogens with zero attached hydrogens (tertiary/aromatic N) is 1. The van der Waals surface area contributed by atoms with E-state index in [1.54, 1.807) is 19.1 Å². The van der Waals surface area contributed by atoms with Crippen molar-refractivity contribution in [1.29, 1.82) is 0 Å². The molecule has 31 heavy (non-hydrogen) atoms. The standard InChI is InChI=1S/C26H40ClNO2S/c1-8-26(16-19(4)5,25(31)21(7)29)28(17-20(6)14-18(2)3)24(30)13-12-22-10-9-11-23(27)15-22/h9-13,15,18-21,29H,8,14,16-17H2,1-7H3. The minimum absolute atomic E-state index is 0.0823. The van der Waals surface area contributed by atoms with Crippen LogP contribution in [0.2, 0.25) is 5.02 Å². The van der Waals surface area contributed by atoms with Crippen LogP contribution < -0.4 is 0 Å². The van der Waals surface area contributed by atoms with E-state index in [1.165, 1.54) is 0 Å². The average molecular weight is 466 g/mol. The van der Waals surface area contributed by atoms with Crippen molar-refractivity contribution >= 4 is 40.7 Å². The molecule has 0 radical (unpaired) electrons. The Morgan fingerprint density at radius 1 is 1.19 bits per heavy atom. The van der Waals surface area contributed by atoms with Crippen LogP contribution in [0.1, 0.15) is 73.3 Å². The van der Waals surface area contributed by atoms with E-state index in [-0.39, 0.29) is 5.91 Å². The van der Waals surface area contributed by atoms with Gasteiger partial charge in [-0.2, -0.15) is 0 Å². The first-order valence-corrected chi connectivity index (χ1v) is 12.2. The van der Waals surface area contributed by atoms with Gasteiger partial charge in [0, 0.05) is 22.5 Å². The summed E-state index contributed by atoms with van der Waals surface area (Å²) in [6, 6.07) is 7.43. The molecule has 0 spiro atoms. The summed E-state index contributed by atoms with van der Waals surface area (Å²) in [6.07, 6.45) is 5.06. The van der Waals surface area contributed by atoms with E-state index < -0.39 is 11.6 Å². The maximum atomic E-state index is 13.6. The number of hydrogen-bond donors (Lipinski definition) is 1. The molecule has 0 fully saturated rings. The molecule has 0 aromatic heterocycles. The van der Waals surface area contributed by atoms with Crippen LogP contribution >= 0.6 is 23.8 Å². The largest absolute Gasteiger partial charge is 0.388 e. The van der Waals surface area contributed by atoms with Gasteiger partial charge in [0.1, 0.15) is 0 Å². The lowest BCUT2D eigenvalue weighted by Crippen LogP contribution is -2.60. The highest BCUT2D eigenvalue weighted by Crippen LogP contribution is 2.33. The average Bonchev–Trinajstić information content (AvgIpc) is 2.67.